The van der Waals surface area contributed by atoms with Gasteiger partial charge in [0.25, 0.3) is 0 Å². The van der Waals surface area contributed by atoms with Crippen LogP contribution in [0, 0.1) is 6.04 Å². The van der Waals surface area contributed by atoms with Crippen LogP contribution in [0.2, 0.25) is 12.1 Å². The minimum atomic E-state index is -0.230. The summed E-state index contributed by atoms with van der Waals surface area (Å²) in [4.78, 5) is 0. The van der Waals surface area contributed by atoms with Crippen molar-refractivity contribution < 1.29 is 0 Å². The zero-order chi connectivity index (χ0) is 8.53. The molecule has 0 atom stereocenters. The molecule has 1 radical (unpaired) electrons. The quantitative estimate of drug-likeness (QED) is 0.651. The summed E-state index contributed by atoms with van der Waals surface area (Å²) >= 11 is 6.44. The second kappa shape index (κ2) is 10.0. The fourth-order valence-electron chi connectivity index (χ4n) is 1.47. The lowest BCUT2D eigenvalue weighted by atomic mass is 10.3. The predicted octanol–water partition coefficient (Wildman–Crippen LogP) is 3.47. The zero-order valence-corrected chi connectivity index (χ0v) is 12.9. The Bertz CT molecular complexity index is 76.8. The Morgan fingerprint density at radius 2 is 1.64 bits per heavy atom. The van der Waals surface area contributed by atoms with Gasteiger partial charge in [-0.05, 0) is 0 Å². The van der Waals surface area contributed by atoms with Gasteiger partial charge in [0.05, 0.1) is 0 Å². The third-order valence-electron chi connectivity index (χ3n) is 2.12. The number of rotatable bonds is 1. The van der Waals surface area contributed by atoms with E-state index < -0.39 is 0 Å². The lowest BCUT2D eigenvalue weighted by Crippen LogP contribution is -2.15. The molecule has 0 N–H and O–H groups in total. The highest BCUT2D eigenvalue weighted by atomic mass is 79.9. The standard InChI is InChI=1S/C7H15Si.2BrH.Mg/c1-2-8-6-4-3-5-7-8;;;/h2,8H,3-7H2,1H3;2*1H;/q;;;+2/p-2. The van der Waals surface area contributed by atoms with Gasteiger partial charge in [0.15, 0.2) is 0 Å². The van der Waals surface area contributed by atoms with E-state index in [9.17, 15) is 0 Å². The lowest BCUT2D eigenvalue weighted by molar-refractivity contribution is 0.725. The summed E-state index contributed by atoms with van der Waals surface area (Å²) in [5.41, 5.74) is 0. The van der Waals surface area contributed by atoms with E-state index in [-0.39, 0.29) is 24.8 Å². The first-order valence-electron chi connectivity index (χ1n) is 4.26. The third-order valence-corrected chi connectivity index (χ3v) is 5.36. The van der Waals surface area contributed by atoms with E-state index in [1.54, 1.807) is 12.1 Å². The van der Waals surface area contributed by atoms with Crippen LogP contribution in [0.15, 0.2) is 0 Å². The molecule has 1 saturated heterocycles. The van der Waals surface area contributed by atoms with Crippen LogP contribution in [-0.2, 0) is 0 Å². The Hall–Kier alpha value is 1.94. The molecule has 1 fully saturated rings. The van der Waals surface area contributed by atoms with Gasteiger partial charge < -0.3 is 0 Å². The molecule has 1 aliphatic rings. The normalized spacial score (nSPS) is 18.1. The van der Waals surface area contributed by atoms with Crippen LogP contribution in [0.5, 0.6) is 0 Å². The minimum Gasteiger partial charge on any atom is -0.280 e. The molecule has 63 valence electrons. The van der Waals surface area contributed by atoms with Crippen LogP contribution in [0.4, 0.5) is 0 Å². The topological polar surface area (TPSA) is 0 Å². The maximum Gasteiger partial charge on any atom is 0.560 e. The smallest absolute Gasteiger partial charge is 0.280 e. The Morgan fingerprint density at radius 3 is 1.91 bits per heavy atom. The van der Waals surface area contributed by atoms with Gasteiger partial charge in [-0.15, -0.1) is 0 Å². The van der Waals surface area contributed by atoms with Gasteiger partial charge in [0.1, 0.15) is 0 Å². The highest BCUT2D eigenvalue weighted by Crippen LogP contribution is 2.19. The fraction of sp³-hybridized carbons (Fsp3) is 0.857. The van der Waals surface area contributed by atoms with Gasteiger partial charge in [0.2, 0.25) is 0 Å². The number of hydrogen-bond donors (Lipinski definition) is 0. The van der Waals surface area contributed by atoms with Crippen LogP contribution in [-0.4, -0.2) is 24.8 Å². The van der Waals surface area contributed by atoms with Crippen molar-refractivity contribution in [3.63, 3.8) is 0 Å². The summed E-state index contributed by atoms with van der Waals surface area (Å²) in [7, 11) is -0.230. The molecule has 11 heavy (non-hydrogen) atoms. The molecular weight excluding hydrogens is 296 g/mol. The van der Waals surface area contributed by atoms with E-state index in [0.717, 1.165) is 0 Å². The summed E-state index contributed by atoms with van der Waals surface area (Å²) in [5.74, 6) is 0. The molecule has 0 aromatic heterocycles. The van der Waals surface area contributed by atoms with Gasteiger partial charge >= 0.3 is 16.0 Å². The molecule has 4 heteroatoms. The third kappa shape index (κ3) is 8.28. The summed E-state index contributed by atoms with van der Waals surface area (Å²) in [6.45, 7) is 2.25. The maximum absolute atomic E-state index is 3.20. The van der Waals surface area contributed by atoms with Gasteiger partial charge in [-0.25, -0.2) is 0 Å². The molecule has 1 rings (SSSR count). The lowest BCUT2D eigenvalue weighted by Gasteiger charge is -2.17. The highest BCUT2D eigenvalue weighted by Gasteiger charge is 2.11. The van der Waals surface area contributed by atoms with E-state index in [1.807, 2.05) is 0 Å². The van der Waals surface area contributed by atoms with E-state index in [4.69, 9.17) is 0 Å². The molecule has 0 spiro atoms. The van der Waals surface area contributed by atoms with Crippen LogP contribution in [0.25, 0.3) is 0 Å². The molecule has 0 aromatic rings. The van der Waals surface area contributed by atoms with Crippen molar-refractivity contribution in [1.82, 2.24) is 0 Å². The highest BCUT2D eigenvalue weighted by molar-refractivity contribution is 9.47. The minimum absolute atomic E-state index is 0.0417. The Kier molecular flexibility index (Phi) is 11.8. The molecule has 0 saturated carbocycles. The molecule has 0 bridgehead atoms. The summed E-state index contributed by atoms with van der Waals surface area (Å²) < 4.78 is 0. The van der Waals surface area contributed by atoms with Crippen molar-refractivity contribution in [1.29, 1.82) is 0 Å². The molecule has 0 amide bonds. The van der Waals surface area contributed by atoms with Crippen molar-refractivity contribution in [3.8, 4) is 0 Å². The fourth-order valence-corrected chi connectivity index (χ4v) is 4.05. The molecule has 0 unspecified atom stereocenters. The van der Waals surface area contributed by atoms with Crippen molar-refractivity contribution in [3.05, 3.63) is 6.04 Å². The molecule has 0 aromatic carbocycles. The Labute approximate surface area is 94.0 Å². The van der Waals surface area contributed by atoms with E-state index in [2.05, 4.69) is 38.7 Å². The Morgan fingerprint density at radius 1 is 1.18 bits per heavy atom. The molecule has 1 aliphatic heterocycles. The van der Waals surface area contributed by atoms with Gasteiger partial charge in [0, 0.05) is 8.80 Å². The molecule has 0 aliphatic carbocycles. The number of halogens is 2. The molecule has 1 heterocycles. The van der Waals surface area contributed by atoms with E-state index in [0.29, 0.717) is 0 Å². The second-order valence-corrected chi connectivity index (χ2v) is 14.3. The van der Waals surface area contributed by atoms with Crippen molar-refractivity contribution >= 4 is 50.6 Å². The van der Waals surface area contributed by atoms with Crippen molar-refractivity contribution in [2.45, 2.75) is 38.3 Å². The monoisotopic (exact) mass is 309 g/mol. The van der Waals surface area contributed by atoms with Crippen LogP contribution >= 0.6 is 25.8 Å². The average molecular weight is 311 g/mol. The molecular formula is C7H15Br2MgSi. The molecule has 0 nitrogen and oxygen atoms in total. The van der Waals surface area contributed by atoms with Gasteiger partial charge in [-0.1, -0.05) is 44.3 Å². The van der Waals surface area contributed by atoms with E-state index in [1.165, 1.54) is 19.3 Å². The van der Waals surface area contributed by atoms with E-state index >= 15 is 0 Å². The summed E-state index contributed by atoms with van der Waals surface area (Å²) in [6, 6.07) is 5.69. The van der Waals surface area contributed by atoms with Gasteiger partial charge in [-0.2, -0.15) is 0 Å². The SMILES string of the molecule is C[CH][SiH]1CCCCC1.[Br][Mg][Br]. The zero-order valence-electron chi connectivity index (χ0n) is 7.15. The number of hydrogen-bond acceptors (Lipinski definition) is 0. The second-order valence-electron chi connectivity index (χ2n) is 2.83. The van der Waals surface area contributed by atoms with Crippen LogP contribution in [0.3, 0.4) is 0 Å². The summed E-state index contributed by atoms with van der Waals surface area (Å²) in [6.07, 6.45) is 4.57. The Balaban J connectivity index is 0.000000292. The van der Waals surface area contributed by atoms with Crippen LogP contribution in [0.1, 0.15) is 26.2 Å². The predicted molar refractivity (Wildman–Crippen MR) is 64.2 cm³/mol. The summed E-state index contributed by atoms with van der Waals surface area (Å²) in [5, 5.41) is 0. The first kappa shape index (κ1) is 12.9. The first-order chi connectivity index (χ1) is 5.35. The maximum atomic E-state index is 3.20. The van der Waals surface area contributed by atoms with Crippen LogP contribution < -0.4 is 0 Å². The van der Waals surface area contributed by atoms with Gasteiger partial charge in [-0.3, -0.25) is 25.8 Å². The average Bonchev–Trinajstić information content (AvgIpc) is 2.08. The first-order valence-corrected chi connectivity index (χ1v) is 14.4. The van der Waals surface area contributed by atoms with Crippen molar-refractivity contribution in [2.24, 2.45) is 0 Å². The van der Waals surface area contributed by atoms with Crippen molar-refractivity contribution in [2.75, 3.05) is 0 Å². The largest absolute Gasteiger partial charge is 0.560 e.